The maximum absolute atomic E-state index is 6.58. The van der Waals surface area contributed by atoms with E-state index in [1.807, 2.05) is 0 Å². The molecule has 0 heterocycles. The van der Waals surface area contributed by atoms with Crippen LogP contribution in [0.5, 0.6) is 0 Å². The minimum atomic E-state index is -0.470. The fraction of sp³-hybridized carbons (Fsp3) is 0.600. The van der Waals surface area contributed by atoms with Crippen LogP contribution in [-0.4, -0.2) is 9.52 Å². The summed E-state index contributed by atoms with van der Waals surface area (Å²) in [7, 11) is -0.470. The van der Waals surface area contributed by atoms with E-state index < -0.39 is 9.52 Å². The van der Waals surface area contributed by atoms with Gasteiger partial charge in [0.2, 0.25) is 0 Å². The number of halogens is 2. The van der Waals surface area contributed by atoms with Crippen molar-refractivity contribution < 1.29 is 21.7 Å². The Bertz CT molecular complexity index is 545. The van der Waals surface area contributed by atoms with Crippen molar-refractivity contribution in [3.8, 4) is 0 Å². The van der Waals surface area contributed by atoms with Crippen LogP contribution in [0.4, 0.5) is 0 Å². The van der Waals surface area contributed by atoms with Crippen molar-refractivity contribution in [2.24, 2.45) is 0 Å². The van der Waals surface area contributed by atoms with Crippen molar-refractivity contribution in [3.63, 3.8) is 0 Å². The van der Waals surface area contributed by atoms with Gasteiger partial charge < -0.3 is 0 Å². The number of unbranched alkanes of at least 4 members (excludes halogenated alkanes) is 2. The quantitative estimate of drug-likeness (QED) is 0.378. The van der Waals surface area contributed by atoms with Gasteiger partial charge in [0.1, 0.15) is 0 Å². The summed E-state index contributed by atoms with van der Waals surface area (Å²) in [5.74, 6) is 0. The van der Waals surface area contributed by atoms with Crippen LogP contribution in [-0.2, 0) is 21.7 Å². The van der Waals surface area contributed by atoms with Gasteiger partial charge in [-0.3, -0.25) is 0 Å². The molecule has 0 aromatic heterocycles. The molecule has 2 rings (SSSR count). The Balaban J connectivity index is 0.00000288. The summed E-state index contributed by atoms with van der Waals surface area (Å²) in [5, 5.41) is 5.50. The van der Waals surface area contributed by atoms with Gasteiger partial charge in [-0.1, -0.05) is 71.4 Å². The molecular weight excluding hydrogens is 387 g/mol. The molecule has 0 amide bonds. The molecular formula is C20H30Cl2SiTi. The number of rotatable bonds is 8. The van der Waals surface area contributed by atoms with Crippen LogP contribution in [0.3, 0.4) is 0 Å². The zero-order valence-electron chi connectivity index (χ0n) is 15.6. The molecule has 4 heteroatoms. The van der Waals surface area contributed by atoms with Gasteiger partial charge in [0.05, 0.1) is 9.52 Å². The van der Waals surface area contributed by atoms with E-state index in [2.05, 4.69) is 27.7 Å². The Kier molecular flexibility index (Phi) is 9.92. The largest absolute Gasteiger partial charge is 0.0885 e. The van der Waals surface area contributed by atoms with Gasteiger partial charge in [0, 0.05) is 44.6 Å². The summed E-state index contributed by atoms with van der Waals surface area (Å²) in [4.78, 5) is 0. The SMILES string of the molecule is CCCCC1=C(Cl)CC(C)=C1[SiH2]C1=C(C)CC(Cl)=C1CCCC.[Ti]. The number of allylic oxidation sites excluding steroid dienone is 8. The van der Waals surface area contributed by atoms with Crippen molar-refractivity contribution in [1.29, 1.82) is 0 Å². The smallest absolute Gasteiger partial charge is 0.0882 e. The van der Waals surface area contributed by atoms with Gasteiger partial charge >= 0.3 is 0 Å². The zero-order chi connectivity index (χ0) is 17.0. The van der Waals surface area contributed by atoms with Crippen LogP contribution in [0.25, 0.3) is 0 Å². The monoisotopic (exact) mass is 416 g/mol. The van der Waals surface area contributed by atoms with E-state index in [1.165, 1.54) is 48.0 Å². The standard InChI is InChI=1S/C20H30Cl2Si.Ti/c1-5-7-9-15-17(21)11-13(3)19(15)23-20-14(4)12-18(22)16(20)10-8-6-2;/h5-12,23H2,1-4H3;. The third-order valence-electron chi connectivity index (χ3n) is 5.17. The topological polar surface area (TPSA) is 0 Å². The van der Waals surface area contributed by atoms with Crippen LogP contribution in [0.15, 0.2) is 42.7 Å². The summed E-state index contributed by atoms with van der Waals surface area (Å²) < 4.78 is 0. The fourth-order valence-corrected chi connectivity index (χ4v) is 7.16. The van der Waals surface area contributed by atoms with Gasteiger partial charge in [-0.2, -0.15) is 0 Å². The first-order valence-electron chi connectivity index (χ1n) is 9.12. The first-order valence-corrected chi connectivity index (χ1v) is 11.3. The van der Waals surface area contributed by atoms with E-state index in [9.17, 15) is 0 Å². The number of hydrogen-bond acceptors (Lipinski definition) is 0. The summed E-state index contributed by atoms with van der Waals surface area (Å²) in [5.41, 5.74) is 6.00. The van der Waals surface area contributed by atoms with E-state index in [4.69, 9.17) is 23.2 Å². The molecule has 2 aliphatic carbocycles. The molecule has 0 saturated carbocycles. The van der Waals surface area contributed by atoms with Crippen molar-refractivity contribution in [2.75, 3.05) is 0 Å². The molecule has 0 fully saturated rings. The van der Waals surface area contributed by atoms with Gasteiger partial charge in [0.15, 0.2) is 0 Å². The molecule has 0 nitrogen and oxygen atoms in total. The normalized spacial score (nSPS) is 18.2. The van der Waals surface area contributed by atoms with Crippen molar-refractivity contribution in [3.05, 3.63) is 42.7 Å². The summed E-state index contributed by atoms with van der Waals surface area (Å²) in [6.45, 7) is 9.08. The second-order valence-corrected chi connectivity index (χ2v) is 9.70. The van der Waals surface area contributed by atoms with E-state index >= 15 is 0 Å². The fourth-order valence-electron chi connectivity index (χ4n) is 3.71. The van der Waals surface area contributed by atoms with Crippen LogP contribution >= 0.6 is 23.2 Å². The minimum absolute atomic E-state index is 0. The Hall–Kier alpha value is 0.471. The second-order valence-electron chi connectivity index (χ2n) is 7.02. The molecule has 0 atom stereocenters. The molecule has 0 saturated heterocycles. The molecule has 24 heavy (non-hydrogen) atoms. The molecule has 0 N–H and O–H groups in total. The van der Waals surface area contributed by atoms with Crippen molar-refractivity contribution in [1.82, 2.24) is 0 Å². The molecule has 0 aromatic carbocycles. The summed E-state index contributed by atoms with van der Waals surface area (Å²) in [6.07, 6.45) is 9.23. The number of hydrogen-bond donors (Lipinski definition) is 0. The molecule has 2 aliphatic rings. The van der Waals surface area contributed by atoms with Gasteiger partial charge in [-0.05, 0) is 50.7 Å². The third-order valence-corrected chi connectivity index (χ3v) is 8.66. The average Bonchev–Trinajstić information content (AvgIpc) is 2.92. The molecule has 0 bridgehead atoms. The van der Waals surface area contributed by atoms with Gasteiger partial charge in [0.25, 0.3) is 0 Å². The van der Waals surface area contributed by atoms with Crippen LogP contribution < -0.4 is 0 Å². The second kappa shape index (κ2) is 10.6. The van der Waals surface area contributed by atoms with Crippen molar-refractivity contribution >= 4 is 32.7 Å². The van der Waals surface area contributed by atoms with Crippen LogP contribution in [0, 0.1) is 0 Å². The van der Waals surface area contributed by atoms with E-state index in [0.717, 1.165) is 35.7 Å². The van der Waals surface area contributed by atoms with Crippen molar-refractivity contribution in [2.45, 2.75) is 79.1 Å². The summed E-state index contributed by atoms with van der Waals surface area (Å²) >= 11 is 13.2. The first kappa shape index (κ1) is 22.5. The summed E-state index contributed by atoms with van der Waals surface area (Å²) in [6, 6.07) is 0. The Morgan fingerprint density at radius 2 is 1.17 bits per heavy atom. The molecule has 0 radical (unpaired) electrons. The van der Waals surface area contributed by atoms with E-state index in [0.29, 0.717) is 0 Å². The predicted octanol–water partition coefficient (Wildman–Crippen LogP) is 6.87. The predicted molar refractivity (Wildman–Crippen MR) is 108 cm³/mol. The van der Waals surface area contributed by atoms with Crippen LogP contribution in [0.1, 0.15) is 79.1 Å². The Labute approximate surface area is 175 Å². The average molecular weight is 417 g/mol. The molecule has 0 spiro atoms. The Morgan fingerprint density at radius 1 is 0.792 bits per heavy atom. The molecule has 0 unspecified atom stereocenters. The van der Waals surface area contributed by atoms with Gasteiger partial charge in [-0.15, -0.1) is 0 Å². The molecule has 0 aromatic rings. The maximum Gasteiger partial charge on any atom is 0.0882 e. The zero-order valence-corrected chi connectivity index (χ0v) is 20.1. The maximum atomic E-state index is 6.58. The van der Waals surface area contributed by atoms with Gasteiger partial charge in [-0.25, -0.2) is 0 Å². The molecule has 0 aliphatic heterocycles. The third kappa shape index (κ3) is 5.24. The Morgan fingerprint density at radius 3 is 1.50 bits per heavy atom. The molecule has 132 valence electrons. The van der Waals surface area contributed by atoms with E-state index in [-0.39, 0.29) is 21.7 Å². The first-order chi connectivity index (χ1) is 11.0. The van der Waals surface area contributed by atoms with E-state index in [1.54, 1.807) is 10.4 Å². The minimum Gasteiger partial charge on any atom is -0.0885 e. The van der Waals surface area contributed by atoms with Crippen LogP contribution in [0.2, 0.25) is 0 Å².